The SMILES string of the molecule is c1ncc(-c2nnc3n2CCCCC3)o1. The molecule has 0 bridgehead atoms. The maximum absolute atomic E-state index is 5.25. The Morgan fingerprint density at radius 2 is 2.20 bits per heavy atom. The van der Waals surface area contributed by atoms with Gasteiger partial charge in [0, 0.05) is 13.0 Å². The largest absolute Gasteiger partial charge is 0.440 e. The number of fused-ring (bicyclic) bond motifs is 1. The summed E-state index contributed by atoms with van der Waals surface area (Å²) < 4.78 is 7.40. The van der Waals surface area contributed by atoms with E-state index < -0.39 is 0 Å². The first-order chi connectivity index (χ1) is 7.45. The molecule has 0 atom stereocenters. The van der Waals surface area contributed by atoms with Gasteiger partial charge < -0.3 is 8.98 Å². The van der Waals surface area contributed by atoms with Crippen molar-refractivity contribution >= 4 is 0 Å². The van der Waals surface area contributed by atoms with Crippen LogP contribution in [0.1, 0.15) is 25.1 Å². The molecule has 3 heterocycles. The smallest absolute Gasteiger partial charge is 0.201 e. The van der Waals surface area contributed by atoms with Gasteiger partial charge in [-0.25, -0.2) is 4.98 Å². The van der Waals surface area contributed by atoms with Crippen LogP contribution in [0, 0.1) is 0 Å². The van der Waals surface area contributed by atoms with Crippen LogP contribution < -0.4 is 0 Å². The van der Waals surface area contributed by atoms with E-state index in [4.69, 9.17) is 4.42 Å². The Hall–Kier alpha value is -1.65. The zero-order chi connectivity index (χ0) is 10.1. The highest BCUT2D eigenvalue weighted by atomic mass is 16.3. The summed E-state index contributed by atoms with van der Waals surface area (Å²) in [7, 11) is 0. The van der Waals surface area contributed by atoms with Crippen LogP contribution in [0.4, 0.5) is 0 Å². The minimum atomic E-state index is 0.704. The molecule has 15 heavy (non-hydrogen) atoms. The van der Waals surface area contributed by atoms with Crippen molar-refractivity contribution in [2.45, 2.75) is 32.2 Å². The average molecular weight is 204 g/mol. The van der Waals surface area contributed by atoms with Gasteiger partial charge >= 0.3 is 0 Å². The van der Waals surface area contributed by atoms with E-state index in [1.54, 1.807) is 6.20 Å². The first-order valence-electron chi connectivity index (χ1n) is 5.26. The molecule has 0 saturated carbocycles. The summed E-state index contributed by atoms with van der Waals surface area (Å²) in [5.41, 5.74) is 0. The van der Waals surface area contributed by atoms with Crippen molar-refractivity contribution in [2.24, 2.45) is 0 Å². The Morgan fingerprint density at radius 1 is 1.20 bits per heavy atom. The van der Waals surface area contributed by atoms with Gasteiger partial charge in [-0.05, 0) is 12.8 Å². The van der Waals surface area contributed by atoms with E-state index in [-0.39, 0.29) is 0 Å². The lowest BCUT2D eigenvalue weighted by atomic mass is 10.2. The van der Waals surface area contributed by atoms with Crippen LogP contribution in [0.25, 0.3) is 11.6 Å². The molecular weight excluding hydrogens is 192 g/mol. The highest BCUT2D eigenvalue weighted by Gasteiger charge is 2.17. The molecule has 78 valence electrons. The summed E-state index contributed by atoms with van der Waals surface area (Å²) >= 11 is 0. The van der Waals surface area contributed by atoms with Crippen molar-refractivity contribution < 1.29 is 4.42 Å². The first kappa shape index (κ1) is 8.64. The summed E-state index contributed by atoms with van der Waals surface area (Å²) in [6.07, 6.45) is 7.77. The Balaban J connectivity index is 2.06. The van der Waals surface area contributed by atoms with Gasteiger partial charge in [-0.3, -0.25) is 0 Å². The number of aromatic nitrogens is 4. The molecule has 0 spiro atoms. The lowest BCUT2D eigenvalue weighted by Gasteiger charge is -2.03. The van der Waals surface area contributed by atoms with E-state index in [0.29, 0.717) is 5.76 Å². The zero-order valence-corrected chi connectivity index (χ0v) is 8.39. The van der Waals surface area contributed by atoms with Gasteiger partial charge in [-0.15, -0.1) is 10.2 Å². The van der Waals surface area contributed by atoms with Crippen molar-refractivity contribution in [3.63, 3.8) is 0 Å². The van der Waals surface area contributed by atoms with Crippen molar-refractivity contribution in [3.8, 4) is 11.6 Å². The highest BCUT2D eigenvalue weighted by molar-refractivity contribution is 5.45. The van der Waals surface area contributed by atoms with Gasteiger partial charge in [0.1, 0.15) is 5.82 Å². The van der Waals surface area contributed by atoms with Gasteiger partial charge in [-0.2, -0.15) is 0 Å². The normalized spacial score (nSPS) is 16.0. The van der Waals surface area contributed by atoms with E-state index in [2.05, 4.69) is 19.7 Å². The fraction of sp³-hybridized carbons (Fsp3) is 0.500. The third kappa shape index (κ3) is 1.44. The molecule has 0 aliphatic carbocycles. The Bertz CT molecular complexity index is 446. The molecule has 5 heteroatoms. The third-order valence-electron chi connectivity index (χ3n) is 2.76. The Labute approximate surface area is 87.1 Å². The molecule has 2 aromatic heterocycles. The van der Waals surface area contributed by atoms with Gasteiger partial charge in [0.05, 0.1) is 6.20 Å². The molecular formula is C10H12N4O. The molecule has 0 fully saturated rings. The third-order valence-corrected chi connectivity index (χ3v) is 2.76. The van der Waals surface area contributed by atoms with Crippen LogP contribution in [0.15, 0.2) is 17.0 Å². The van der Waals surface area contributed by atoms with Gasteiger partial charge in [-0.1, -0.05) is 6.42 Å². The summed E-state index contributed by atoms with van der Waals surface area (Å²) in [4.78, 5) is 3.90. The second-order valence-electron chi connectivity index (χ2n) is 3.77. The predicted molar refractivity (Wildman–Crippen MR) is 53.1 cm³/mol. The topological polar surface area (TPSA) is 56.7 Å². The van der Waals surface area contributed by atoms with Gasteiger partial charge in [0.2, 0.25) is 5.82 Å². The Kier molecular flexibility index (Phi) is 2.01. The standard InChI is InChI=1S/C10H12N4O/c1-2-4-9-12-13-10(14(9)5-3-1)8-6-11-7-15-8/h6-7H,1-5H2. The number of hydrogen-bond donors (Lipinski definition) is 0. The Morgan fingerprint density at radius 3 is 3.07 bits per heavy atom. The molecule has 0 unspecified atom stereocenters. The molecule has 0 aromatic carbocycles. The van der Waals surface area contributed by atoms with Crippen molar-refractivity contribution in [3.05, 3.63) is 18.4 Å². The predicted octanol–water partition coefficient (Wildman–Crippen LogP) is 1.66. The summed E-state index contributed by atoms with van der Waals surface area (Å²) in [5.74, 6) is 2.58. The fourth-order valence-corrected chi connectivity index (χ4v) is 1.99. The van der Waals surface area contributed by atoms with Gasteiger partial charge in [0.25, 0.3) is 0 Å². The monoisotopic (exact) mass is 204 g/mol. The second kappa shape index (κ2) is 3.49. The van der Waals surface area contributed by atoms with E-state index >= 15 is 0 Å². The summed E-state index contributed by atoms with van der Waals surface area (Å²) in [5, 5.41) is 8.36. The van der Waals surface area contributed by atoms with Crippen LogP contribution in [0.3, 0.4) is 0 Å². The van der Waals surface area contributed by atoms with E-state index in [1.807, 2.05) is 0 Å². The summed E-state index contributed by atoms with van der Waals surface area (Å²) in [6, 6.07) is 0. The molecule has 1 aliphatic rings. The number of rotatable bonds is 1. The van der Waals surface area contributed by atoms with E-state index in [1.165, 1.54) is 25.7 Å². The number of aryl methyl sites for hydroxylation is 1. The molecule has 2 aromatic rings. The molecule has 0 amide bonds. The average Bonchev–Trinajstić information content (AvgIpc) is 2.83. The lowest BCUT2D eigenvalue weighted by molar-refractivity contribution is 0.555. The van der Waals surface area contributed by atoms with Crippen LogP contribution in [-0.2, 0) is 13.0 Å². The minimum Gasteiger partial charge on any atom is -0.440 e. The van der Waals surface area contributed by atoms with Crippen LogP contribution >= 0.6 is 0 Å². The molecule has 0 saturated heterocycles. The summed E-state index contributed by atoms with van der Waals surface area (Å²) in [6.45, 7) is 0.984. The van der Waals surface area contributed by atoms with E-state index in [0.717, 1.165) is 24.6 Å². The molecule has 0 radical (unpaired) electrons. The number of oxazole rings is 1. The second-order valence-corrected chi connectivity index (χ2v) is 3.77. The van der Waals surface area contributed by atoms with Crippen LogP contribution in [0.2, 0.25) is 0 Å². The molecule has 0 N–H and O–H groups in total. The quantitative estimate of drug-likeness (QED) is 0.708. The first-order valence-corrected chi connectivity index (χ1v) is 5.26. The zero-order valence-electron chi connectivity index (χ0n) is 8.39. The minimum absolute atomic E-state index is 0.704. The maximum Gasteiger partial charge on any atom is 0.201 e. The van der Waals surface area contributed by atoms with Crippen molar-refractivity contribution in [2.75, 3.05) is 0 Å². The highest BCUT2D eigenvalue weighted by Crippen LogP contribution is 2.21. The van der Waals surface area contributed by atoms with Crippen LogP contribution in [-0.4, -0.2) is 19.7 Å². The van der Waals surface area contributed by atoms with Crippen molar-refractivity contribution in [1.82, 2.24) is 19.7 Å². The number of hydrogen-bond acceptors (Lipinski definition) is 4. The molecule has 3 rings (SSSR count). The van der Waals surface area contributed by atoms with Crippen molar-refractivity contribution in [1.29, 1.82) is 0 Å². The number of nitrogens with zero attached hydrogens (tertiary/aromatic N) is 4. The molecule has 5 nitrogen and oxygen atoms in total. The fourth-order valence-electron chi connectivity index (χ4n) is 1.99. The maximum atomic E-state index is 5.25. The lowest BCUT2D eigenvalue weighted by Crippen LogP contribution is -2.02. The molecule has 1 aliphatic heterocycles. The van der Waals surface area contributed by atoms with E-state index in [9.17, 15) is 0 Å². The van der Waals surface area contributed by atoms with Gasteiger partial charge in [0.15, 0.2) is 12.2 Å². The van der Waals surface area contributed by atoms with Crippen LogP contribution in [0.5, 0.6) is 0 Å².